The van der Waals surface area contributed by atoms with Gasteiger partial charge in [0.1, 0.15) is 17.2 Å². The van der Waals surface area contributed by atoms with Crippen molar-refractivity contribution < 1.29 is 48.7 Å². The zero-order chi connectivity index (χ0) is 35.0. The summed E-state index contributed by atoms with van der Waals surface area (Å²) >= 11 is 0. The van der Waals surface area contributed by atoms with Gasteiger partial charge in [-0.05, 0) is 70.0 Å². The summed E-state index contributed by atoms with van der Waals surface area (Å²) in [5, 5.41) is 35.0. The van der Waals surface area contributed by atoms with Crippen molar-refractivity contribution in [2.45, 2.75) is 63.6 Å². The molecule has 1 saturated carbocycles. The topological polar surface area (TPSA) is 190 Å². The summed E-state index contributed by atoms with van der Waals surface area (Å²) in [6.45, 7) is 7.51. The van der Waals surface area contributed by atoms with Crippen molar-refractivity contribution in [3.05, 3.63) is 51.6 Å². The lowest BCUT2D eigenvalue weighted by Crippen LogP contribution is -2.57. The number of phenols is 2. The number of aromatic hydroxyl groups is 2. The smallest absolute Gasteiger partial charge is 0.220 e. The summed E-state index contributed by atoms with van der Waals surface area (Å²) in [6.07, 6.45) is 2.52. The summed E-state index contributed by atoms with van der Waals surface area (Å²) in [6, 6.07) is 4.78. The molecule has 0 radical (unpaired) electrons. The van der Waals surface area contributed by atoms with Crippen molar-refractivity contribution in [1.29, 1.82) is 0 Å². The Morgan fingerprint density at radius 3 is 2.33 bits per heavy atom. The highest BCUT2D eigenvalue weighted by molar-refractivity contribution is 6.31. The van der Waals surface area contributed by atoms with E-state index >= 15 is 0 Å². The minimum absolute atomic E-state index is 0.0676. The lowest BCUT2D eigenvalue weighted by Gasteiger charge is -2.43. The van der Waals surface area contributed by atoms with Crippen molar-refractivity contribution in [3.8, 4) is 17.2 Å². The molecular weight excluding hydrogens is 634 g/mol. The predicted octanol–water partition coefficient (Wildman–Crippen LogP) is 1.53. The van der Waals surface area contributed by atoms with Crippen molar-refractivity contribution in [2.24, 2.45) is 23.5 Å². The van der Waals surface area contributed by atoms with Gasteiger partial charge in [-0.2, -0.15) is 0 Å². The number of benzene rings is 2. The molecule has 0 aromatic heterocycles. The molecule has 2 aromatic rings. The van der Waals surface area contributed by atoms with Crippen molar-refractivity contribution in [3.63, 3.8) is 0 Å². The Balaban J connectivity index is 0.000000157. The Morgan fingerprint density at radius 1 is 0.980 bits per heavy atom. The molecule has 0 spiro atoms. The molecule has 3 heterocycles. The third-order valence-electron chi connectivity index (χ3n) is 10.8. The van der Waals surface area contributed by atoms with Gasteiger partial charge in [0.25, 0.3) is 0 Å². The van der Waals surface area contributed by atoms with Crippen LogP contribution in [0.1, 0.15) is 69.2 Å². The van der Waals surface area contributed by atoms with E-state index < -0.39 is 29.5 Å². The van der Waals surface area contributed by atoms with Crippen LogP contribution in [0.4, 0.5) is 0 Å². The monoisotopic (exact) mass is 681 g/mol. The third-order valence-corrected chi connectivity index (χ3v) is 10.8. The second-order valence-corrected chi connectivity index (χ2v) is 13.7. The molecule has 4 fully saturated rings. The van der Waals surface area contributed by atoms with Gasteiger partial charge in [-0.25, -0.2) is 0 Å². The molecule has 3 aliphatic carbocycles. The lowest BCUT2D eigenvalue weighted by atomic mass is 9.75. The van der Waals surface area contributed by atoms with Gasteiger partial charge in [0.2, 0.25) is 11.7 Å². The molecule has 7 atom stereocenters. The normalized spacial score (nSPS) is 29.9. The van der Waals surface area contributed by atoms with Crippen LogP contribution in [0, 0.1) is 17.8 Å². The van der Waals surface area contributed by atoms with E-state index in [1.54, 1.807) is 19.2 Å². The summed E-state index contributed by atoms with van der Waals surface area (Å²) in [5.74, 6) is -0.416. The van der Waals surface area contributed by atoms with Gasteiger partial charge >= 0.3 is 0 Å². The summed E-state index contributed by atoms with van der Waals surface area (Å²) < 4.78 is 21.3. The fourth-order valence-corrected chi connectivity index (χ4v) is 7.75. The molecule has 0 bridgehead atoms. The molecule has 2 aromatic carbocycles. The van der Waals surface area contributed by atoms with E-state index in [0.717, 1.165) is 38.0 Å². The number of methoxy groups -OCH3 is 2. The minimum atomic E-state index is -0.579. The summed E-state index contributed by atoms with van der Waals surface area (Å²) in [4.78, 5) is 39.9. The SMILES string of the molecule is C1NCC2CC12.COC1CN(C2CCOC(C)C2O)CCO1.COc1cccc2c1C(=O)c1c(O)c3c(c(O)c1C2=O)CC(C(N)=O)CC3. The first-order valence-electron chi connectivity index (χ1n) is 17.1. The summed E-state index contributed by atoms with van der Waals surface area (Å²) in [5.41, 5.74) is 5.77. The molecular formula is C36H47N3O10. The zero-order valence-electron chi connectivity index (χ0n) is 28.3. The van der Waals surface area contributed by atoms with E-state index in [2.05, 4.69) is 10.2 Å². The molecule has 49 heavy (non-hydrogen) atoms. The Labute approximate surface area is 285 Å². The van der Waals surface area contributed by atoms with Crippen LogP contribution in [0.5, 0.6) is 17.2 Å². The standard InChI is InChI=1S/C20H17NO6.C11H21NO4.C5H9N/c1-27-12-4-2-3-10-13(12)19(25)15-14(17(10)23)18(24)11-7-8(20(21)26)5-6-9(11)16(15)22;1-8-11(13)9(3-5-15-8)12-4-6-16-10(7-12)14-2;1-4-2-6-3-5(1)4/h2-4,8,22,24H,5-7H2,1H3,(H2,21,26);8-11,13H,3-7H2,1-2H3;4-6H,1-3H2. The number of carbonyl (C=O) groups is 3. The van der Waals surface area contributed by atoms with E-state index in [4.69, 9.17) is 24.7 Å². The number of rotatable bonds is 4. The average molecular weight is 682 g/mol. The molecule has 13 heteroatoms. The van der Waals surface area contributed by atoms with Gasteiger partial charge in [0.05, 0.1) is 42.6 Å². The number of nitrogens with zero attached hydrogens (tertiary/aromatic N) is 1. The van der Waals surface area contributed by atoms with Gasteiger partial charge in [-0.15, -0.1) is 0 Å². The highest BCUT2D eigenvalue weighted by Crippen LogP contribution is 2.47. The van der Waals surface area contributed by atoms with Gasteiger partial charge in [0, 0.05) is 55.5 Å². The van der Waals surface area contributed by atoms with E-state index in [1.807, 2.05) is 6.92 Å². The fourth-order valence-electron chi connectivity index (χ4n) is 7.75. The fraction of sp³-hybridized carbons (Fsp3) is 0.583. The van der Waals surface area contributed by atoms with E-state index in [9.17, 15) is 29.7 Å². The van der Waals surface area contributed by atoms with E-state index in [-0.39, 0.29) is 70.8 Å². The first-order valence-corrected chi connectivity index (χ1v) is 17.1. The third kappa shape index (κ3) is 6.92. The molecule has 6 N–H and O–H groups in total. The van der Waals surface area contributed by atoms with Crippen LogP contribution in [0.25, 0.3) is 0 Å². The number of carbonyl (C=O) groups excluding carboxylic acids is 3. The number of ketones is 2. The first-order chi connectivity index (χ1) is 23.5. The lowest BCUT2D eigenvalue weighted by molar-refractivity contribution is -0.190. The van der Waals surface area contributed by atoms with Crippen molar-refractivity contribution >= 4 is 17.5 Å². The van der Waals surface area contributed by atoms with E-state index in [1.165, 1.54) is 32.7 Å². The zero-order valence-corrected chi connectivity index (χ0v) is 28.3. The maximum Gasteiger partial charge on any atom is 0.220 e. The van der Waals surface area contributed by atoms with Crippen LogP contribution >= 0.6 is 0 Å². The average Bonchev–Trinajstić information content (AvgIpc) is 3.72. The highest BCUT2D eigenvalue weighted by atomic mass is 16.7. The number of nitrogens with two attached hydrogens (primary N) is 1. The highest BCUT2D eigenvalue weighted by Gasteiger charge is 2.42. The molecule has 3 aliphatic heterocycles. The van der Waals surface area contributed by atoms with Gasteiger partial charge in [-0.1, -0.05) is 12.1 Å². The van der Waals surface area contributed by atoms with Crippen molar-refractivity contribution in [1.82, 2.24) is 10.2 Å². The molecule has 13 nitrogen and oxygen atoms in total. The number of primary amides is 1. The van der Waals surface area contributed by atoms with Gasteiger partial charge < -0.3 is 45.3 Å². The van der Waals surface area contributed by atoms with E-state index in [0.29, 0.717) is 24.2 Å². The summed E-state index contributed by atoms with van der Waals surface area (Å²) in [7, 11) is 3.04. The largest absolute Gasteiger partial charge is 0.507 e. The maximum atomic E-state index is 13.1. The number of hydrogen-bond donors (Lipinski definition) is 5. The Kier molecular flexibility index (Phi) is 10.6. The number of ether oxygens (including phenoxy) is 4. The number of nitrogens with one attached hydrogen (secondary N) is 1. The van der Waals surface area contributed by atoms with Crippen LogP contribution in [0.3, 0.4) is 0 Å². The predicted molar refractivity (Wildman–Crippen MR) is 177 cm³/mol. The number of aliphatic hydroxyl groups is 1. The quantitative estimate of drug-likeness (QED) is 0.250. The second-order valence-electron chi connectivity index (χ2n) is 13.7. The number of aliphatic hydroxyl groups excluding tert-OH is 1. The van der Waals surface area contributed by atoms with Crippen molar-refractivity contribution in [2.75, 3.05) is 53.6 Å². The van der Waals surface area contributed by atoms with Crippen LogP contribution in [0.15, 0.2) is 18.2 Å². The number of fused-ring (bicyclic) bond motifs is 4. The van der Waals surface area contributed by atoms with Gasteiger partial charge in [0.15, 0.2) is 12.1 Å². The number of morpholine rings is 1. The molecule has 1 amide bonds. The Morgan fingerprint density at radius 2 is 1.69 bits per heavy atom. The molecule has 266 valence electrons. The number of piperidine rings is 1. The Bertz CT molecular complexity index is 1590. The first kappa shape index (κ1) is 35.2. The molecule has 3 saturated heterocycles. The maximum absolute atomic E-state index is 13.1. The van der Waals surface area contributed by atoms with Gasteiger partial charge in [-0.3, -0.25) is 19.3 Å². The van der Waals surface area contributed by atoms with Crippen LogP contribution in [-0.2, 0) is 31.8 Å². The minimum Gasteiger partial charge on any atom is -0.507 e. The second kappa shape index (κ2) is 14.7. The number of amides is 1. The van der Waals surface area contributed by atoms with Crippen LogP contribution in [0.2, 0.25) is 0 Å². The Hall–Kier alpha value is -3.59. The number of phenolic OH excluding ortho intramolecular Hbond substituents is 2. The molecule has 8 rings (SSSR count). The number of hydrogen-bond acceptors (Lipinski definition) is 12. The molecule has 7 unspecified atom stereocenters. The van der Waals surface area contributed by atoms with Crippen LogP contribution in [-0.4, -0.2) is 116 Å². The van der Waals surface area contributed by atoms with Crippen LogP contribution < -0.4 is 15.8 Å². The molecule has 6 aliphatic rings.